The van der Waals surface area contributed by atoms with Gasteiger partial charge in [0, 0.05) is 19.0 Å². The van der Waals surface area contributed by atoms with Gasteiger partial charge in [-0.25, -0.2) is 13.2 Å². The molecule has 0 radical (unpaired) electrons. The van der Waals surface area contributed by atoms with E-state index in [1.165, 1.54) is 0 Å². The Morgan fingerprint density at radius 1 is 1.25 bits per heavy atom. The summed E-state index contributed by atoms with van der Waals surface area (Å²) in [6, 6.07) is 6.58. The van der Waals surface area contributed by atoms with Crippen LogP contribution in [0.25, 0.3) is 0 Å². The van der Waals surface area contributed by atoms with E-state index in [0.717, 1.165) is 5.56 Å². The lowest BCUT2D eigenvalue weighted by Gasteiger charge is -2.44. The summed E-state index contributed by atoms with van der Waals surface area (Å²) < 4.78 is 32.8. The SMILES string of the molecule is Cc1ccc(S(=O)(=O)N2CCC(OC(N)=O)CC2C(C)(C)C)cc1. The lowest BCUT2D eigenvalue weighted by atomic mass is 9.81. The first-order valence-electron chi connectivity index (χ1n) is 8.06. The zero-order chi connectivity index (χ0) is 18.1. The molecule has 0 aliphatic carbocycles. The van der Waals surface area contributed by atoms with E-state index in [0.29, 0.717) is 19.4 Å². The molecule has 1 aliphatic rings. The van der Waals surface area contributed by atoms with Gasteiger partial charge in [0.25, 0.3) is 0 Å². The van der Waals surface area contributed by atoms with E-state index in [4.69, 9.17) is 10.5 Å². The lowest BCUT2D eigenvalue weighted by molar-refractivity contribution is 0.0248. The summed E-state index contributed by atoms with van der Waals surface area (Å²) in [6.45, 7) is 8.18. The number of benzene rings is 1. The molecule has 1 aliphatic heterocycles. The number of ether oxygens (including phenoxy) is 1. The predicted octanol–water partition coefficient (Wildman–Crippen LogP) is 2.66. The predicted molar refractivity (Wildman–Crippen MR) is 92.0 cm³/mol. The van der Waals surface area contributed by atoms with Crippen molar-refractivity contribution in [1.29, 1.82) is 0 Å². The molecule has 0 aromatic heterocycles. The Labute approximate surface area is 144 Å². The van der Waals surface area contributed by atoms with Gasteiger partial charge in [0.1, 0.15) is 6.10 Å². The quantitative estimate of drug-likeness (QED) is 0.903. The van der Waals surface area contributed by atoms with Gasteiger partial charge in [-0.1, -0.05) is 38.5 Å². The van der Waals surface area contributed by atoms with Crippen LogP contribution in [0.1, 0.15) is 39.2 Å². The number of aryl methyl sites for hydroxylation is 1. The number of hydrogen-bond acceptors (Lipinski definition) is 4. The Morgan fingerprint density at radius 2 is 1.83 bits per heavy atom. The summed E-state index contributed by atoms with van der Waals surface area (Å²) in [6.07, 6.45) is -0.281. The van der Waals surface area contributed by atoms with Gasteiger partial charge in [-0.3, -0.25) is 0 Å². The molecule has 0 spiro atoms. The first-order chi connectivity index (χ1) is 11.0. The minimum absolute atomic E-state index is 0.276. The summed E-state index contributed by atoms with van der Waals surface area (Å²) >= 11 is 0. The third-order valence-corrected chi connectivity index (χ3v) is 6.34. The van der Waals surface area contributed by atoms with Crippen LogP contribution < -0.4 is 5.73 Å². The molecule has 0 bridgehead atoms. The standard InChI is InChI=1S/C17H26N2O4S/c1-12-5-7-14(8-6-12)24(21,22)19-10-9-13(23-16(18)20)11-15(19)17(2,3)4/h5-8,13,15H,9-11H2,1-4H3,(H2,18,20). The van der Waals surface area contributed by atoms with Crippen molar-refractivity contribution >= 4 is 16.1 Å². The second-order valence-electron chi connectivity index (χ2n) is 7.39. The van der Waals surface area contributed by atoms with Gasteiger partial charge in [0.05, 0.1) is 4.90 Å². The molecular weight excluding hydrogens is 328 g/mol. The molecule has 1 saturated heterocycles. The highest BCUT2D eigenvalue weighted by Gasteiger charge is 2.43. The summed E-state index contributed by atoms with van der Waals surface area (Å²) in [5.74, 6) is 0. The van der Waals surface area contributed by atoms with Crippen LogP contribution in [0.4, 0.5) is 4.79 Å². The largest absolute Gasteiger partial charge is 0.446 e. The van der Waals surface area contributed by atoms with Crippen LogP contribution >= 0.6 is 0 Å². The third-order valence-electron chi connectivity index (χ3n) is 4.42. The van der Waals surface area contributed by atoms with Crippen molar-refractivity contribution in [2.24, 2.45) is 11.1 Å². The number of hydrogen-bond donors (Lipinski definition) is 1. The molecule has 24 heavy (non-hydrogen) atoms. The van der Waals surface area contributed by atoms with E-state index < -0.39 is 16.1 Å². The van der Waals surface area contributed by atoms with Crippen LogP contribution in [0.15, 0.2) is 29.2 Å². The number of sulfonamides is 1. The van der Waals surface area contributed by atoms with Crippen molar-refractivity contribution in [3.63, 3.8) is 0 Å². The fourth-order valence-electron chi connectivity index (χ4n) is 3.10. The lowest BCUT2D eigenvalue weighted by Crippen LogP contribution is -2.53. The maximum atomic E-state index is 13.1. The van der Waals surface area contributed by atoms with Gasteiger partial charge in [-0.15, -0.1) is 0 Å². The number of carbonyl (C=O) groups excluding carboxylic acids is 1. The maximum Gasteiger partial charge on any atom is 0.404 e. The zero-order valence-corrected chi connectivity index (χ0v) is 15.5. The summed E-state index contributed by atoms with van der Waals surface area (Å²) in [5, 5.41) is 0. The number of piperidine rings is 1. The van der Waals surface area contributed by atoms with E-state index in [1.54, 1.807) is 28.6 Å². The maximum absolute atomic E-state index is 13.1. The number of amides is 1. The fraction of sp³-hybridized carbons (Fsp3) is 0.588. The van der Waals surface area contributed by atoms with Crippen LogP contribution in [-0.4, -0.2) is 37.5 Å². The molecule has 2 N–H and O–H groups in total. The molecular formula is C17H26N2O4S. The van der Waals surface area contributed by atoms with Gasteiger partial charge in [0.2, 0.25) is 10.0 Å². The zero-order valence-electron chi connectivity index (χ0n) is 14.7. The van der Waals surface area contributed by atoms with Crippen molar-refractivity contribution < 1.29 is 17.9 Å². The molecule has 2 rings (SSSR count). The van der Waals surface area contributed by atoms with Gasteiger partial charge in [0.15, 0.2) is 0 Å². The Kier molecular flexibility index (Phi) is 5.25. The van der Waals surface area contributed by atoms with Crippen LogP contribution in [0, 0.1) is 12.3 Å². The number of carbonyl (C=O) groups is 1. The molecule has 134 valence electrons. The molecule has 6 nitrogen and oxygen atoms in total. The third kappa shape index (κ3) is 4.08. The molecule has 0 saturated carbocycles. The van der Waals surface area contributed by atoms with E-state index in [2.05, 4.69) is 0 Å². The van der Waals surface area contributed by atoms with E-state index in [1.807, 2.05) is 27.7 Å². The molecule has 2 unspecified atom stereocenters. The van der Waals surface area contributed by atoms with Crippen molar-refractivity contribution in [3.8, 4) is 0 Å². The molecule has 7 heteroatoms. The van der Waals surface area contributed by atoms with Crippen molar-refractivity contribution in [2.45, 2.75) is 57.6 Å². The van der Waals surface area contributed by atoms with Crippen LogP contribution in [0.2, 0.25) is 0 Å². The highest BCUT2D eigenvalue weighted by atomic mass is 32.2. The highest BCUT2D eigenvalue weighted by Crippen LogP contribution is 2.36. The van der Waals surface area contributed by atoms with Crippen molar-refractivity contribution in [3.05, 3.63) is 29.8 Å². The molecule has 2 atom stereocenters. The fourth-order valence-corrected chi connectivity index (χ4v) is 4.94. The van der Waals surface area contributed by atoms with Gasteiger partial charge in [-0.05, 0) is 30.9 Å². The molecule has 1 fully saturated rings. The Balaban J connectivity index is 2.33. The topological polar surface area (TPSA) is 89.7 Å². The molecule has 1 heterocycles. The van der Waals surface area contributed by atoms with Gasteiger partial charge >= 0.3 is 6.09 Å². The Morgan fingerprint density at radius 3 is 2.33 bits per heavy atom. The van der Waals surface area contributed by atoms with Crippen molar-refractivity contribution in [1.82, 2.24) is 4.31 Å². The van der Waals surface area contributed by atoms with E-state index in [9.17, 15) is 13.2 Å². The van der Waals surface area contributed by atoms with E-state index in [-0.39, 0.29) is 22.5 Å². The number of nitrogens with zero attached hydrogens (tertiary/aromatic N) is 1. The van der Waals surface area contributed by atoms with Crippen LogP contribution in [-0.2, 0) is 14.8 Å². The van der Waals surface area contributed by atoms with Gasteiger partial charge < -0.3 is 10.5 Å². The molecule has 1 aromatic carbocycles. The van der Waals surface area contributed by atoms with Crippen LogP contribution in [0.5, 0.6) is 0 Å². The molecule has 1 amide bonds. The Bertz CT molecular complexity index is 692. The summed E-state index contributed by atoms with van der Waals surface area (Å²) in [4.78, 5) is 11.3. The molecule has 1 aromatic rings. The first kappa shape index (κ1) is 18.7. The average molecular weight is 354 g/mol. The number of primary amides is 1. The second-order valence-corrected chi connectivity index (χ2v) is 9.28. The van der Waals surface area contributed by atoms with Gasteiger partial charge in [-0.2, -0.15) is 4.31 Å². The number of rotatable bonds is 3. The average Bonchev–Trinajstić information content (AvgIpc) is 2.46. The monoisotopic (exact) mass is 354 g/mol. The smallest absolute Gasteiger partial charge is 0.404 e. The summed E-state index contributed by atoms with van der Waals surface area (Å²) in [5.41, 5.74) is 5.83. The highest BCUT2D eigenvalue weighted by molar-refractivity contribution is 7.89. The van der Waals surface area contributed by atoms with E-state index >= 15 is 0 Å². The van der Waals surface area contributed by atoms with Crippen molar-refractivity contribution in [2.75, 3.05) is 6.54 Å². The first-order valence-corrected chi connectivity index (χ1v) is 9.50. The number of nitrogens with two attached hydrogens (primary N) is 1. The second kappa shape index (κ2) is 6.72. The minimum Gasteiger partial charge on any atom is -0.446 e. The summed E-state index contributed by atoms with van der Waals surface area (Å²) in [7, 11) is -3.60. The minimum atomic E-state index is -3.60. The van der Waals surface area contributed by atoms with Crippen LogP contribution in [0.3, 0.4) is 0 Å². The Hall–Kier alpha value is -1.60. The normalized spacial score (nSPS) is 23.0.